The Bertz CT molecular complexity index is 184. The smallest absolute Gasteiger partial charge is 0.315 e. The third kappa shape index (κ3) is 4.54. The van der Waals surface area contributed by atoms with E-state index < -0.39 is 0 Å². The summed E-state index contributed by atoms with van der Waals surface area (Å²) in [6, 6.07) is 0.761. The van der Waals surface area contributed by atoms with Gasteiger partial charge in [-0.15, -0.1) is 0 Å². The van der Waals surface area contributed by atoms with Crippen molar-refractivity contribution in [1.82, 2.24) is 10.6 Å². The highest BCUT2D eigenvalue weighted by molar-refractivity contribution is 5.74. The molecule has 0 heterocycles. The molecule has 0 bridgehead atoms. The monoisotopic (exact) mass is 212 g/mol. The van der Waals surface area contributed by atoms with E-state index in [2.05, 4.69) is 24.5 Å². The molecular formula is C12H24N2O. The topological polar surface area (TPSA) is 41.1 Å². The summed E-state index contributed by atoms with van der Waals surface area (Å²) >= 11 is 0. The molecule has 1 fully saturated rings. The Morgan fingerprint density at radius 2 is 1.80 bits per heavy atom. The van der Waals surface area contributed by atoms with Crippen LogP contribution in [-0.2, 0) is 0 Å². The van der Waals surface area contributed by atoms with Crippen LogP contribution >= 0.6 is 0 Å². The Labute approximate surface area is 93.0 Å². The molecule has 2 amide bonds. The molecule has 0 atom stereocenters. The largest absolute Gasteiger partial charge is 0.335 e. The zero-order valence-electron chi connectivity index (χ0n) is 10.0. The maximum absolute atomic E-state index is 11.6. The first-order chi connectivity index (χ1) is 7.26. The van der Waals surface area contributed by atoms with Crippen LogP contribution in [0, 0.1) is 0 Å². The summed E-state index contributed by atoms with van der Waals surface area (Å²) in [5.41, 5.74) is 0. The highest BCUT2D eigenvalue weighted by Gasteiger charge is 2.16. The lowest BCUT2D eigenvalue weighted by molar-refractivity contribution is 0.228. The van der Waals surface area contributed by atoms with Crippen LogP contribution < -0.4 is 10.6 Å². The van der Waals surface area contributed by atoms with E-state index in [0.717, 1.165) is 25.7 Å². The lowest BCUT2D eigenvalue weighted by Crippen LogP contribution is -2.46. The molecule has 0 spiro atoms. The lowest BCUT2D eigenvalue weighted by Gasteiger charge is -2.24. The van der Waals surface area contributed by atoms with Crippen molar-refractivity contribution in [1.29, 1.82) is 0 Å². The minimum atomic E-state index is 0.0237. The first-order valence-corrected chi connectivity index (χ1v) is 6.33. The van der Waals surface area contributed by atoms with Crippen LogP contribution in [0.1, 0.15) is 58.8 Å². The Balaban J connectivity index is 2.21. The van der Waals surface area contributed by atoms with Gasteiger partial charge in [0.1, 0.15) is 0 Å². The van der Waals surface area contributed by atoms with E-state index >= 15 is 0 Å². The third-order valence-corrected chi connectivity index (χ3v) is 3.26. The third-order valence-electron chi connectivity index (χ3n) is 3.26. The summed E-state index contributed by atoms with van der Waals surface area (Å²) in [5.74, 6) is 0. The maximum Gasteiger partial charge on any atom is 0.315 e. The van der Waals surface area contributed by atoms with E-state index in [1.807, 2.05) is 0 Å². The van der Waals surface area contributed by atoms with Crippen molar-refractivity contribution in [2.75, 3.05) is 0 Å². The van der Waals surface area contributed by atoms with Gasteiger partial charge in [-0.1, -0.05) is 33.1 Å². The second kappa shape index (κ2) is 6.70. The summed E-state index contributed by atoms with van der Waals surface area (Å²) in [5, 5.41) is 6.08. The fraction of sp³-hybridized carbons (Fsp3) is 0.917. The quantitative estimate of drug-likeness (QED) is 0.739. The predicted molar refractivity (Wildman–Crippen MR) is 62.9 cm³/mol. The second-order valence-corrected chi connectivity index (χ2v) is 4.47. The van der Waals surface area contributed by atoms with Crippen LogP contribution in [0.25, 0.3) is 0 Å². The first kappa shape index (κ1) is 12.3. The maximum atomic E-state index is 11.6. The minimum absolute atomic E-state index is 0.0237. The Hall–Kier alpha value is -0.730. The number of rotatable bonds is 4. The fourth-order valence-electron chi connectivity index (χ4n) is 2.15. The zero-order chi connectivity index (χ0) is 11.1. The van der Waals surface area contributed by atoms with E-state index in [1.165, 1.54) is 19.3 Å². The number of urea groups is 1. The Morgan fingerprint density at radius 3 is 2.33 bits per heavy atom. The van der Waals surface area contributed by atoms with E-state index in [4.69, 9.17) is 0 Å². The van der Waals surface area contributed by atoms with Gasteiger partial charge in [-0.25, -0.2) is 4.79 Å². The predicted octanol–water partition coefficient (Wildman–Crippen LogP) is 2.81. The van der Waals surface area contributed by atoms with E-state index in [1.54, 1.807) is 0 Å². The van der Waals surface area contributed by atoms with E-state index in [-0.39, 0.29) is 6.03 Å². The molecule has 1 saturated carbocycles. The Kier molecular flexibility index (Phi) is 5.51. The molecule has 0 aromatic heterocycles. The number of hydrogen-bond donors (Lipinski definition) is 2. The summed E-state index contributed by atoms with van der Waals surface area (Å²) in [4.78, 5) is 11.6. The number of nitrogens with one attached hydrogen (secondary N) is 2. The Morgan fingerprint density at radius 1 is 1.20 bits per heavy atom. The molecule has 3 nitrogen and oxygen atoms in total. The molecule has 15 heavy (non-hydrogen) atoms. The first-order valence-electron chi connectivity index (χ1n) is 6.33. The number of carbonyl (C=O) groups is 1. The van der Waals surface area contributed by atoms with Crippen LogP contribution in [0.4, 0.5) is 4.79 Å². The molecule has 0 radical (unpaired) electrons. The molecule has 0 aromatic rings. The van der Waals surface area contributed by atoms with Crippen molar-refractivity contribution in [3.63, 3.8) is 0 Å². The average molecular weight is 212 g/mol. The van der Waals surface area contributed by atoms with Crippen molar-refractivity contribution >= 4 is 6.03 Å². The molecule has 3 heteroatoms. The van der Waals surface area contributed by atoms with Gasteiger partial charge >= 0.3 is 6.03 Å². The van der Waals surface area contributed by atoms with Crippen LogP contribution in [0.5, 0.6) is 0 Å². The SMILES string of the molecule is CCC(CC)NC(=O)NC1CCCCC1. The summed E-state index contributed by atoms with van der Waals surface area (Å²) in [6.07, 6.45) is 8.16. The van der Waals surface area contributed by atoms with Crippen LogP contribution in [0.3, 0.4) is 0 Å². The molecule has 1 aliphatic rings. The molecule has 88 valence electrons. The molecule has 0 aromatic carbocycles. The van der Waals surface area contributed by atoms with E-state index in [9.17, 15) is 4.79 Å². The molecule has 1 rings (SSSR count). The lowest BCUT2D eigenvalue weighted by atomic mass is 9.96. The van der Waals surface area contributed by atoms with E-state index in [0.29, 0.717) is 12.1 Å². The molecule has 0 saturated heterocycles. The summed E-state index contributed by atoms with van der Waals surface area (Å²) in [6.45, 7) is 4.21. The standard InChI is InChI=1S/C12H24N2O/c1-3-10(4-2)13-12(15)14-11-8-6-5-7-9-11/h10-11H,3-9H2,1-2H3,(H2,13,14,15). The highest BCUT2D eigenvalue weighted by Crippen LogP contribution is 2.17. The van der Waals surface area contributed by atoms with Crippen molar-refractivity contribution < 1.29 is 4.79 Å². The van der Waals surface area contributed by atoms with Gasteiger partial charge in [0.05, 0.1) is 0 Å². The van der Waals surface area contributed by atoms with Crippen molar-refractivity contribution in [3.05, 3.63) is 0 Å². The van der Waals surface area contributed by atoms with Gasteiger partial charge in [0, 0.05) is 12.1 Å². The summed E-state index contributed by atoms with van der Waals surface area (Å²) in [7, 11) is 0. The van der Waals surface area contributed by atoms with Gasteiger partial charge in [0.15, 0.2) is 0 Å². The zero-order valence-corrected chi connectivity index (χ0v) is 10.0. The van der Waals surface area contributed by atoms with Crippen LogP contribution in [-0.4, -0.2) is 18.1 Å². The molecule has 0 unspecified atom stereocenters. The molecule has 2 N–H and O–H groups in total. The molecular weight excluding hydrogens is 188 g/mol. The number of hydrogen-bond acceptors (Lipinski definition) is 1. The molecule has 1 aliphatic carbocycles. The van der Waals surface area contributed by atoms with Gasteiger partial charge in [-0.05, 0) is 25.7 Å². The van der Waals surface area contributed by atoms with Crippen molar-refractivity contribution in [3.8, 4) is 0 Å². The molecule has 0 aliphatic heterocycles. The fourth-order valence-corrected chi connectivity index (χ4v) is 2.15. The van der Waals surface area contributed by atoms with Crippen LogP contribution in [0.2, 0.25) is 0 Å². The highest BCUT2D eigenvalue weighted by atomic mass is 16.2. The van der Waals surface area contributed by atoms with Gasteiger partial charge < -0.3 is 10.6 Å². The number of carbonyl (C=O) groups excluding carboxylic acids is 1. The minimum Gasteiger partial charge on any atom is -0.335 e. The summed E-state index contributed by atoms with van der Waals surface area (Å²) < 4.78 is 0. The average Bonchev–Trinajstić information content (AvgIpc) is 2.27. The normalized spacial score (nSPS) is 17.8. The van der Waals surface area contributed by atoms with Crippen LogP contribution in [0.15, 0.2) is 0 Å². The van der Waals surface area contributed by atoms with Gasteiger partial charge in [0.2, 0.25) is 0 Å². The van der Waals surface area contributed by atoms with Crippen molar-refractivity contribution in [2.24, 2.45) is 0 Å². The second-order valence-electron chi connectivity index (χ2n) is 4.47. The van der Waals surface area contributed by atoms with Gasteiger partial charge in [0.25, 0.3) is 0 Å². The van der Waals surface area contributed by atoms with Gasteiger partial charge in [-0.3, -0.25) is 0 Å². The van der Waals surface area contributed by atoms with Gasteiger partial charge in [-0.2, -0.15) is 0 Å². The van der Waals surface area contributed by atoms with Crippen molar-refractivity contribution in [2.45, 2.75) is 70.9 Å². The number of amides is 2.